The van der Waals surface area contributed by atoms with Crippen molar-refractivity contribution in [2.75, 3.05) is 11.0 Å². The quantitative estimate of drug-likeness (QED) is 0.598. The Morgan fingerprint density at radius 3 is 2.87 bits per heavy atom. The summed E-state index contributed by atoms with van der Waals surface area (Å²) < 4.78 is 19.8. The summed E-state index contributed by atoms with van der Waals surface area (Å²) in [5.74, 6) is 0.225. The van der Waals surface area contributed by atoms with Gasteiger partial charge in [0.2, 0.25) is 0 Å². The van der Waals surface area contributed by atoms with E-state index in [0.717, 1.165) is 29.4 Å². The van der Waals surface area contributed by atoms with Gasteiger partial charge in [-0.25, -0.2) is 4.39 Å². The van der Waals surface area contributed by atoms with Gasteiger partial charge < -0.3 is 4.74 Å². The molecule has 2 atom stereocenters. The van der Waals surface area contributed by atoms with Gasteiger partial charge in [0.25, 0.3) is 0 Å². The summed E-state index contributed by atoms with van der Waals surface area (Å²) in [6, 6.07) is 6.87. The maximum absolute atomic E-state index is 13.0. The summed E-state index contributed by atoms with van der Waals surface area (Å²) in [4.78, 5) is 0. The van der Waals surface area contributed by atoms with Crippen LogP contribution >= 0.6 is 22.6 Å². The smallest absolute Gasteiger partial charge is 0.123 e. The summed E-state index contributed by atoms with van der Waals surface area (Å²) in [5.41, 5.74) is 1.07. The largest absolute Gasteiger partial charge is 0.377 e. The van der Waals surface area contributed by atoms with Crippen LogP contribution in [0.2, 0.25) is 0 Å². The molecule has 1 aromatic carbocycles. The molecule has 3 heteroatoms. The summed E-state index contributed by atoms with van der Waals surface area (Å²) in [6.07, 6.45) is 2.59. The molecule has 1 aliphatic rings. The number of halogens is 2. The lowest BCUT2D eigenvalue weighted by molar-refractivity contribution is 0.0200. The van der Waals surface area contributed by atoms with Crippen molar-refractivity contribution in [1.29, 1.82) is 0 Å². The molecule has 0 bridgehead atoms. The van der Waals surface area contributed by atoms with Crippen molar-refractivity contribution in [3.8, 4) is 0 Å². The zero-order valence-electron chi connectivity index (χ0n) is 8.46. The van der Waals surface area contributed by atoms with E-state index in [1.54, 1.807) is 12.1 Å². The van der Waals surface area contributed by atoms with Crippen molar-refractivity contribution in [1.82, 2.24) is 0 Å². The van der Waals surface area contributed by atoms with Crippen LogP contribution in [0.3, 0.4) is 0 Å². The molecule has 0 N–H and O–H groups in total. The van der Waals surface area contributed by atoms with Gasteiger partial charge in [-0.05, 0) is 30.5 Å². The van der Waals surface area contributed by atoms with E-state index in [1.807, 2.05) is 6.07 Å². The maximum atomic E-state index is 13.0. The van der Waals surface area contributed by atoms with Crippen molar-refractivity contribution in [3.05, 3.63) is 35.6 Å². The molecule has 0 aliphatic carbocycles. The van der Waals surface area contributed by atoms with E-state index < -0.39 is 0 Å². The molecule has 1 nitrogen and oxygen atoms in total. The third-order valence-electron chi connectivity index (χ3n) is 2.86. The number of rotatable bonds is 2. The lowest BCUT2D eigenvalue weighted by atomic mass is 9.92. The molecule has 2 rings (SSSR count). The molecule has 0 unspecified atom stereocenters. The Kier molecular flexibility index (Phi) is 3.97. The molecule has 1 saturated heterocycles. The minimum atomic E-state index is -0.150. The monoisotopic (exact) mass is 320 g/mol. The van der Waals surface area contributed by atoms with Crippen molar-refractivity contribution >= 4 is 22.6 Å². The first kappa shape index (κ1) is 11.3. The van der Waals surface area contributed by atoms with Gasteiger partial charge in [-0.15, -0.1) is 0 Å². The second kappa shape index (κ2) is 5.25. The molecule has 82 valence electrons. The first-order valence-electron chi connectivity index (χ1n) is 5.22. The fourth-order valence-electron chi connectivity index (χ4n) is 1.95. The molecule has 1 aromatic rings. The number of hydrogen-bond acceptors (Lipinski definition) is 1. The van der Waals surface area contributed by atoms with E-state index in [-0.39, 0.29) is 5.82 Å². The van der Waals surface area contributed by atoms with Crippen LogP contribution in [-0.4, -0.2) is 17.1 Å². The van der Waals surface area contributed by atoms with Gasteiger partial charge in [-0.1, -0.05) is 34.7 Å². The van der Waals surface area contributed by atoms with Crippen LogP contribution in [0.1, 0.15) is 24.3 Å². The average Bonchev–Trinajstić information content (AvgIpc) is 2.29. The second-order valence-electron chi connectivity index (χ2n) is 3.94. The maximum Gasteiger partial charge on any atom is 0.123 e. The predicted molar refractivity (Wildman–Crippen MR) is 67.0 cm³/mol. The van der Waals surface area contributed by atoms with E-state index in [0.29, 0.717) is 12.0 Å². The van der Waals surface area contributed by atoms with E-state index >= 15 is 0 Å². The van der Waals surface area contributed by atoms with Crippen LogP contribution in [-0.2, 0) is 4.74 Å². The summed E-state index contributed by atoms with van der Waals surface area (Å²) in [5, 5.41) is 0. The number of ether oxygens (including phenoxy) is 1. The number of alkyl halides is 1. The first-order valence-corrected chi connectivity index (χ1v) is 6.75. The zero-order valence-corrected chi connectivity index (χ0v) is 10.6. The standard InChI is InChI=1S/C12H14FIO/c13-11-3-1-2-9(6-11)10-4-5-12(7-14)15-8-10/h1-3,6,10,12H,4-5,7-8H2/t10-,12-/m0/s1. The fraction of sp³-hybridized carbons (Fsp3) is 0.500. The molecule has 1 fully saturated rings. The fourth-order valence-corrected chi connectivity index (χ4v) is 2.65. The van der Waals surface area contributed by atoms with Gasteiger partial charge in [0, 0.05) is 10.3 Å². The SMILES string of the molecule is Fc1cccc([C@H]2CC[C@@H](CI)OC2)c1. The van der Waals surface area contributed by atoms with Crippen LogP contribution < -0.4 is 0 Å². The topological polar surface area (TPSA) is 9.23 Å². The molecular formula is C12H14FIO. The van der Waals surface area contributed by atoms with Gasteiger partial charge in [-0.3, -0.25) is 0 Å². The van der Waals surface area contributed by atoms with Crippen molar-refractivity contribution in [2.45, 2.75) is 24.9 Å². The van der Waals surface area contributed by atoms with E-state index in [9.17, 15) is 4.39 Å². The highest BCUT2D eigenvalue weighted by Gasteiger charge is 2.22. The highest BCUT2D eigenvalue weighted by Crippen LogP contribution is 2.28. The van der Waals surface area contributed by atoms with Crippen LogP contribution in [0, 0.1) is 5.82 Å². The van der Waals surface area contributed by atoms with E-state index in [4.69, 9.17) is 4.74 Å². The van der Waals surface area contributed by atoms with Crippen molar-refractivity contribution in [3.63, 3.8) is 0 Å². The van der Waals surface area contributed by atoms with Crippen LogP contribution in [0.25, 0.3) is 0 Å². The Balaban J connectivity index is 2.01. The molecule has 1 aliphatic heterocycles. The Bertz CT molecular complexity index is 321. The van der Waals surface area contributed by atoms with E-state index in [1.165, 1.54) is 6.07 Å². The molecule has 0 saturated carbocycles. The molecule has 1 heterocycles. The average molecular weight is 320 g/mol. The van der Waals surface area contributed by atoms with E-state index in [2.05, 4.69) is 22.6 Å². The van der Waals surface area contributed by atoms with Crippen LogP contribution in [0.4, 0.5) is 4.39 Å². The van der Waals surface area contributed by atoms with Gasteiger partial charge in [0.15, 0.2) is 0 Å². The number of hydrogen-bond donors (Lipinski definition) is 0. The lowest BCUT2D eigenvalue weighted by Gasteiger charge is -2.28. The van der Waals surface area contributed by atoms with Gasteiger partial charge in [-0.2, -0.15) is 0 Å². The molecule has 0 spiro atoms. The number of benzene rings is 1. The van der Waals surface area contributed by atoms with Gasteiger partial charge in [0.1, 0.15) is 5.82 Å². The summed E-state index contributed by atoms with van der Waals surface area (Å²) >= 11 is 2.35. The Labute approximate surface area is 103 Å². The molecule has 15 heavy (non-hydrogen) atoms. The predicted octanol–water partition coefficient (Wildman–Crippen LogP) is 3.52. The van der Waals surface area contributed by atoms with Crippen molar-refractivity contribution < 1.29 is 9.13 Å². The van der Waals surface area contributed by atoms with Gasteiger partial charge in [0.05, 0.1) is 12.7 Å². The lowest BCUT2D eigenvalue weighted by Crippen LogP contribution is -2.25. The zero-order chi connectivity index (χ0) is 10.7. The molecule has 0 radical (unpaired) electrons. The van der Waals surface area contributed by atoms with Gasteiger partial charge >= 0.3 is 0 Å². The molecular weight excluding hydrogens is 306 g/mol. The second-order valence-corrected chi connectivity index (χ2v) is 4.82. The van der Waals surface area contributed by atoms with Crippen LogP contribution in [0.15, 0.2) is 24.3 Å². The summed E-state index contributed by atoms with van der Waals surface area (Å²) in [7, 11) is 0. The highest BCUT2D eigenvalue weighted by molar-refractivity contribution is 14.1. The third kappa shape index (κ3) is 2.91. The molecule has 0 amide bonds. The molecule has 0 aromatic heterocycles. The van der Waals surface area contributed by atoms with Crippen molar-refractivity contribution in [2.24, 2.45) is 0 Å². The minimum Gasteiger partial charge on any atom is -0.377 e. The third-order valence-corrected chi connectivity index (χ3v) is 3.84. The Morgan fingerprint density at radius 2 is 2.27 bits per heavy atom. The normalized spacial score (nSPS) is 26.5. The summed E-state index contributed by atoms with van der Waals surface area (Å²) in [6.45, 7) is 0.733. The Hall–Kier alpha value is -0.160. The highest BCUT2D eigenvalue weighted by atomic mass is 127. The minimum absolute atomic E-state index is 0.150. The first-order chi connectivity index (χ1) is 7.29. The van der Waals surface area contributed by atoms with Crippen LogP contribution in [0.5, 0.6) is 0 Å². The Morgan fingerprint density at radius 1 is 1.40 bits per heavy atom.